The van der Waals surface area contributed by atoms with Crippen LogP contribution in [-0.2, 0) is 19.1 Å². The van der Waals surface area contributed by atoms with Crippen LogP contribution < -0.4 is 0 Å². The number of imidazole rings is 1. The van der Waals surface area contributed by atoms with E-state index in [0.29, 0.717) is 5.52 Å². The molecule has 1 aromatic carbocycles. The van der Waals surface area contributed by atoms with E-state index in [2.05, 4.69) is 4.98 Å². The predicted octanol–water partition coefficient (Wildman–Crippen LogP) is 3.00. The lowest BCUT2D eigenvalue weighted by molar-refractivity contribution is -0.137. The van der Waals surface area contributed by atoms with Crippen molar-refractivity contribution in [1.82, 2.24) is 9.55 Å². The number of aryl methyl sites for hydroxylation is 2. The molecule has 0 spiro atoms. The highest BCUT2D eigenvalue weighted by Crippen LogP contribution is 2.32. The lowest BCUT2D eigenvalue weighted by Gasteiger charge is -2.06. The highest BCUT2D eigenvalue weighted by atomic mass is 19.4. The first-order valence-electron chi connectivity index (χ1n) is 5.12. The van der Waals surface area contributed by atoms with E-state index < -0.39 is 11.7 Å². The van der Waals surface area contributed by atoms with Crippen LogP contribution in [0.25, 0.3) is 11.0 Å². The number of rotatable bonds is 0. The number of hydrogen-bond acceptors (Lipinski definition) is 1. The monoisotopic (exact) mass is 226 g/mol. The average Bonchev–Trinajstić information content (AvgIpc) is 2.74. The van der Waals surface area contributed by atoms with E-state index in [0.717, 1.165) is 42.9 Å². The summed E-state index contributed by atoms with van der Waals surface area (Å²) in [5.41, 5.74) is 0.627. The molecule has 0 saturated carbocycles. The Balaban J connectivity index is 2.21. The molecule has 2 nitrogen and oxygen atoms in total. The first-order chi connectivity index (χ1) is 7.55. The minimum atomic E-state index is -4.29. The highest BCUT2D eigenvalue weighted by molar-refractivity contribution is 5.77. The molecule has 0 radical (unpaired) electrons. The third-order valence-electron chi connectivity index (χ3n) is 2.94. The van der Waals surface area contributed by atoms with E-state index in [9.17, 15) is 13.2 Å². The van der Waals surface area contributed by atoms with Gasteiger partial charge < -0.3 is 4.57 Å². The molecule has 0 unspecified atom stereocenters. The lowest BCUT2D eigenvalue weighted by Crippen LogP contribution is -2.04. The van der Waals surface area contributed by atoms with Crippen LogP contribution in [0.5, 0.6) is 0 Å². The van der Waals surface area contributed by atoms with Gasteiger partial charge in [-0.1, -0.05) is 0 Å². The van der Waals surface area contributed by atoms with Gasteiger partial charge in [0.25, 0.3) is 0 Å². The SMILES string of the molecule is FC(F)(F)c1ccc2c(c1)nc1n2CCC1. The number of halogens is 3. The molecular weight excluding hydrogens is 217 g/mol. The van der Waals surface area contributed by atoms with Crippen LogP contribution in [0.4, 0.5) is 13.2 Å². The second-order valence-electron chi connectivity index (χ2n) is 3.98. The second-order valence-corrected chi connectivity index (χ2v) is 3.98. The summed E-state index contributed by atoms with van der Waals surface area (Å²) in [5.74, 6) is 0.898. The smallest absolute Gasteiger partial charge is 0.328 e. The fourth-order valence-electron chi connectivity index (χ4n) is 2.19. The predicted molar refractivity (Wildman–Crippen MR) is 53.1 cm³/mol. The van der Waals surface area contributed by atoms with Crippen LogP contribution in [0.15, 0.2) is 18.2 Å². The average molecular weight is 226 g/mol. The van der Waals surface area contributed by atoms with E-state index in [-0.39, 0.29) is 0 Å². The molecule has 5 heteroatoms. The Bertz CT molecular complexity index is 554. The van der Waals surface area contributed by atoms with Gasteiger partial charge in [0.1, 0.15) is 5.82 Å². The van der Waals surface area contributed by atoms with Gasteiger partial charge in [0.15, 0.2) is 0 Å². The maximum absolute atomic E-state index is 12.5. The lowest BCUT2D eigenvalue weighted by atomic mass is 10.2. The third-order valence-corrected chi connectivity index (χ3v) is 2.94. The normalized spacial score (nSPS) is 15.7. The first kappa shape index (κ1) is 9.69. The molecule has 84 valence electrons. The Morgan fingerprint density at radius 2 is 2.06 bits per heavy atom. The summed E-state index contributed by atoms with van der Waals surface area (Å²) in [5, 5.41) is 0. The Morgan fingerprint density at radius 3 is 2.81 bits per heavy atom. The summed E-state index contributed by atoms with van der Waals surface area (Å²) in [6, 6.07) is 3.76. The van der Waals surface area contributed by atoms with Crippen molar-refractivity contribution in [2.45, 2.75) is 25.6 Å². The Morgan fingerprint density at radius 1 is 1.25 bits per heavy atom. The summed E-state index contributed by atoms with van der Waals surface area (Å²) in [7, 11) is 0. The molecule has 1 aromatic heterocycles. The molecular formula is C11H9F3N2. The molecule has 0 amide bonds. The number of alkyl halides is 3. The van der Waals surface area contributed by atoms with Crippen molar-refractivity contribution >= 4 is 11.0 Å². The topological polar surface area (TPSA) is 17.8 Å². The number of nitrogens with zero attached hydrogens (tertiary/aromatic N) is 2. The Labute approximate surface area is 89.7 Å². The molecule has 2 heterocycles. The fourth-order valence-corrected chi connectivity index (χ4v) is 2.19. The van der Waals surface area contributed by atoms with Gasteiger partial charge in [-0.25, -0.2) is 4.98 Å². The molecule has 0 bridgehead atoms. The number of fused-ring (bicyclic) bond motifs is 3. The standard InChI is InChI=1S/C11H9F3N2/c12-11(13,14)7-3-4-9-8(6-7)15-10-2-1-5-16(9)10/h3-4,6H,1-2,5H2. The molecule has 0 fully saturated rings. The summed E-state index contributed by atoms with van der Waals surface area (Å²) in [4.78, 5) is 4.23. The largest absolute Gasteiger partial charge is 0.416 e. The second kappa shape index (κ2) is 2.99. The minimum absolute atomic E-state index is 0.449. The van der Waals surface area contributed by atoms with Crippen LogP contribution in [0, 0.1) is 0 Å². The Kier molecular flexibility index (Phi) is 1.81. The third kappa shape index (κ3) is 1.31. The molecule has 0 saturated heterocycles. The van der Waals surface area contributed by atoms with E-state index in [1.807, 2.05) is 4.57 Å². The summed E-state index contributed by atoms with van der Waals surface area (Å²) in [6.45, 7) is 0.858. The minimum Gasteiger partial charge on any atom is -0.328 e. The van der Waals surface area contributed by atoms with Gasteiger partial charge in [0.2, 0.25) is 0 Å². The van der Waals surface area contributed by atoms with Crippen molar-refractivity contribution in [2.75, 3.05) is 0 Å². The van der Waals surface area contributed by atoms with Crippen molar-refractivity contribution in [1.29, 1.82) is 0 Å². The maximum atomic E-state index is 12.5. The number of aromatic nitrogens is 2. The van der Waals surface area contributed by atoms with Gasteiger partial charge in [0.05, 0.1) is 16.6 Å². The van der Waals surface area contributed by atoms with E-state index in [1.54, 1.807) is 0 Å². The number of hydrogen-bond donors (Lipinski definition) is 0. The molecule has 16 heavy (non-hydrogen) atoms. The van der Waals surface area contributed by atoms with E-state index in [1.165, 1.54) is 6.07 Å². The zero-order valence-corrected chi connectivity index (χ0v) is 8.38. The van der Waals surface area contributed by atoms with Crippen molar-refractivity contribution in [3.8, 4) is 0 Å². The van der Waals surface area contributed by atoms with Gasteiger partial charge in [-0.3, -0.25) is 0 Å². The van der Waals surface area contributed by atoms with Crippen LogP contribution in [0.1, 0.15) is 17.8 Å². The van der Waals surface area contributed by atoms with Crippen LogP contribution in [0.3, 0.4) is 0 Å². The fraction of sp³-hybridized carbons (Fsp3) is 0.364. The molecule has 0 aliphatic carbocycles. The van der Waals surface area contributed by atoms with Crippen LogP contribution in [0.2, 0.25) is 0 Å². The zero-order chi connectivity index (χ0) is 11.3. The van der Waals surface area contributed by atoms with Gasteiger partial charge in [-0.05, 0) is 24.6 Å². The van der Waals surface area contributed by atoms with Crippen LogP contribution in [-0.4, -0.2) is 9.55 Å². The number of benzene rings is 1. The quantitative estimate of drug-likeness (QED) is 0.675. The first-order valence-corrected chi connectivity index (χ1v) is 5.12. The van der Waals surface area contributed by atoms with Gasteiger partial charge >= 0.3 is 6.18 Å². The Hall–Kier alpha value is -1.52. The maximum Gasteiger partial charge on any atom is 0.416 e. The molecule has 3 rings (SSSR count). The molecule has 0 N–H and O–H groups in total. The van der Waals surface area contributed by atoms with E-state index >= 15 is 0 Å². The van der Waals surface area contributed by atoms with Crippen molar-refractivity contribution in [3.63, 3.8) is 0 Å². The molecule has 1 aliphatic rings. The van der Waals surface area contributed by atoms with Gasteiger partial charge in [0, 0.05) is 13.0 Å². The zero-order valence-electron chi connectivity index (χ0n) is 8.38. The van der Waals surface area contributed by atoms with Gasteiger partial charge in [-0.2, -0.15) is 13.2 Å². The van der Waals surface area contributed by atoms with Crippen molar-refractivity contribution in [3.05, 3.63) is 29.6 Å². The molecule has 1 aliphatic heterocycles. The van der Waals surface area contributed by atoms with E-state index in [4.69, 9.17) is 0 Å². The van der Waals surface area contributed by atoms with Gasteiger partial charge in [-0.15, -0.1) is 0 Å². The molecule has 0 atom stereocenters. The van der Waals surface area contributed by atoms with Crippen molar-refractivity contribution < 1.29 is 13.2 Å². The summed E-state index contributed by atoms with van der Waals surface area (Å²) in [6.07, 6.45) is -2.41. The summed E-state index contributed by atoms with van der Waals surface area (Å²) < 4.78 is 39.4. The molecule has 2 aromatic rings. The van der Waals surface area contributed by atoms with Crippen molar-refractivity contribution in [2.24, 2.45) is 0 Å². The summed E-state index contributed by atoms with van der Waals surface area (Å²) >= 11 is 0. The highest BCUT2D eigenvalue weighted by Gasteiger charge is 2.31. The van der Waals surface area contributed by atoms with Crippen LogP contribution >= 0.6 is 0 Å².